The van der Waals surface area contributed by atoms with Crippen LogP contribution in [-0.2, 0) is 5.75 Å². The zero-order valence-corrected chi connectivity index (χ0v) is 10.4. The topological polar surface area (TPSA) is 44.0 Å². The minimum atomic E-state index is -0.639. The van der Waals surface area contributed by atoms with Crippen molar-refractivity contribution in [3.05, 3.63) is 64.7 Å². The minimum absolute atomic E-state index is 0.591. The fourth-order valence-electron chi connectivity index (χ4n) is 2.22. The number of nitriles is 1. The Hall–Kier alpha value is -1.76. The minimum Gasteiger partial charge on any atom is -0.384 e. The lowest BCUT2D eigenvalue weighted by atomic mass is 9.96. The van der Waals surface area contributed by atoms with E-state index in [9.17, 15) is 5.11 Å². The van der Waals surface area contributed by atoms with Crippen molar-refractivity contribution in [1.29, 1.82) is 5.26 Å². The van der Waals surface area contributed by atoms with Gasteiger partial charge in [-0.05, 0) is 34.9 Å². The van der Waals surface area contributed by atoms with Crippen LogP contribution in [0.1, 0.15) is 28.4 Å². The molecule has 3 heteroatoms. The summed E-state index contributed by atoms with van der Waals surface area (Å²) in [6, 6.07) is 15.6. The van der Waals surface area contributed by atoms with Gasteiger partial charge >= 0.3 is 0 Å². The maximum absolute atomic E-state index is 10.5. The summed E-state index contributed by atoms with van der Waals surface area (Å²) in [7, 11) is 0. The molecule has 88 valence electrons. The van der Waals surface area contributed by atoms with Crippen LogP contribution in [0.25, 0.3) is 0 Å². The molecule has 0 saturated heterocycles. The molecule has 1 atom stereocenters. The maximum Gasteiger partial charge on any atom is 0.105 e. The summed E-state index contributed by atoms with van der Waals surface area (Å²) >= 11 is 1.71. The van der Waals surface area contributed by atoms with E-state index in [1.54, 1.807) is 23.9 Å². The Bertz CT molecular complexity index is 645. The summed E-state index contributed by atoms with van der Waals surface area (Å²) in [5, 5.41) is 19.4. The number of rotatable bonds is 0. The van der Waals surface area contributed by atoms with Crippen LogP contribution in [0.4, 0.5) is 0 Å². The first-order valence-corrected chi connectivity index (χ1v) is 6.71. The third-order valence-corrected chi connectivity index (χ3v) is 4.30. The molecule has 0 radical (unpaired) electrons. The van der Waals surface area contributed by atoms with Gasteiger partial charge in [-0.2, -0.15) is 5.26 Å². The van der Waals surface area contributed by atoms with Crippen molar-refractivity contribution in [3.63, 3.8) is 0 Å². The van der Waals surface area contributed by atoms with Gasteiger partial charge in [-0.25, -0.2) is 0 Å². The van der Waals surface area contributed by atoms with E-state index in [2.05, 4.69) is 6.07 Å². The van der Waals surface area contributed by atoms with Gasteiger partial charge in [0.2, 0.25) is 0 Å². The lowest BCUT2D eigenvalue weighted by Gasteiger charge is -2.13. The second-order valence-electron chi connectivity index (χ2n) is 4.25. The molecule has 18 heavy (non-hydrogen) atoms. The van der Waals surface area contributed by atoms with E-state index in [0.717, 1.165) is 27.3 Å². The summed E-state index contributed by atoms with van der Waals surface area (Å²) in [6.07, 6.45) is -0.639. The number of thioether (sulfide) groups is 1. The van der Waals surface area contributed by atoms with Crippen molar-refractivity contribution in [2.75, 3.05) is 0 Å². The molecule has 1 N–H and O–H groups in total. The van der Waals surface area contributed by atoms with Gasteiger partial charge in [0.15, 0.2) is 0 Å². The third-order valence-electron chi connectivity index (χ3n) is 3.17. The molecule has 0 fully saturated rings. The molecule has 3 rings (SSSR count). The standard InChI is InChI=1S/C15H11NOS/c16-8-10-5-6-14-13(7-10)15(17)12-4-2-1-3-11(12)9-18-14/h1-7,15,17H,9H2. The van der Waals surface area contributed by atoms with Crippen LogP contribution in [0, 0.1) is 11.3 Å². The number of fused-ring (bicyclic) bond motifs is 2. The number of benzene rings is 2. The average Bonchev–Trinajstić information content (AvgIpc) is 2.57. The van der Waals surface area contributed by atoms with Gasteiger partial charge in [-0.3, -0.25) is 0 Å². The highest BCUT2D eigenvalue weighted by Gasteiger charge is 2.21. The lowest BCUT2D eigenvalue weighted by Crippen LogP contribution is -2.02. The zero-order valence-electron chi connectivity index (χ0n) is 9.63. The molecule has 1 aliphatic heterocycles. The number of hydrogen-bond donors (Lipinski definition) is 1. The number of aliphatic hydroxyl groups is 1. The highest BCUT2D eigenvalue weighted by molar-refractivity contribution is 7.98. The molecule has 2 aromatic rings. The molecule has 2 aromatic carbocycles. The van der Waals surface area contributed by atoms with Crippen LogP contribution in [0.3, 0.4) is 0 Å². The second kappa shape index (κ2) is 4.49. The van der Waals surface area contributed by atoms with E-state index in [0.29, 0.717) is 5.56 Å². The van der Waals surface area contributed by atoms with Gasteiger partial charge in [-0.1, -0.05) is 24.3 Å². The van der Waals surface area contributed by atoms with Crippen molar-refractivity contribution in [2.45, 2.75) is 16.8 Å². The Kier molecular flexibility index (Phi) is 2.83. The van der Waals surface area contributed by atoms with Crippen molar-refractivity contribution < 1.29 is 5.11 Å². The summed E-state index contributed by atoms with van der Waals surface area (Å²) in [6.45, 7) is 0. The predicted octanol–water partition coefficient (Wildman–Crippen LogP) is 3.25. The molecule has 0 spiro atoms. The molecular weight excluding hydrogens is 242 g/mol. The predicted molar refractivity (Wildman–Crippen MR) is 71.2 cm³/mol. The Balaban J connectivity index is 2.18. The van der Waals surface area contributed by atoms with Gasteiger partial charge in [0.05, 0.1) is 11.6 Å². The van der Waals surface area contributed by atoms with E-state index in [1.165, 1.54) is 0 Å². The Labute approximate surface area is 110 Å². The van der Waals surface area contributed by atoms with Crippen LogP contribution in [-0.4, -0.2) is 5.11 Å². The van der Waals surface area contributed by atoms with E-state index >= 15 is 0 Å². The summed E-state index contributed by atoms with van der Waals surface area (Å²) in [5.41, 5.74) is 3.53. The third kappa shape index (κ3) is 1.80. The van der Waals surface area contributed by atoms with Crippen molar-refractivity contribution >= 4 is 11.8 Å². The fourth-order valence-corrected chi connectivity index (χ4v) is 3.29. The Morgan fingerprint density at radius 2 is 2.00 bits per heavy atom. The van der Waals surface area contributed by atoms with Crippen LogP contribution >= 0.6 is 11.8 Å². The fraction of sp³-hybridized carbons (Fsp3) is 0.133. The monoisotopic (exact) mass is 253 g/mol. The van der Waals surface area contributed by atoms with E-state index < -0.39 is 6.10 Å². The number of nitrogens with zero attached hydrogens (tertiary/aromatic N) is 1. The SMILES string of the molecule is N#Cc1ccc2c(c1)C(O)c1ccccc1CS2. The normalized spacial score (nSPS) is 17.2. The summed E-state index contributed by atoms with van der Waals surface area (Å²) in [5.74, 6) is 0.853. The second-order valence-corrected chi connectivity index (χ2v) is 5.27. The van der Waals surface area contributed by atoms with E-state index in [1.807, 2.05) is 30.3 Å². The van der Waals surface area contributed by atoms with Gasteiger partial charge in [0.25, 0.3) is 0 Å². The van der Waals surface area contributed by atoms with Crippen LogP contribution in [0.5, 0.6) is 0 Å². The van der Waals surface area contributed by atoms with Gasteiger partial charge in [0, 0.05) is 10.6 Å². The Morgan fingerprint density at radius 3 is 2.83 bits per heavy atom. The van der Waals surface area contributed by atoms with Crippen LogP contribution < -0.4 is 0 Å². The number of hydrogen-bond acceptors (Lipinski definition) is 3. The highest BCUT2D eigenvalue weighted by atomic mass is 32.2. The van der Waals surface area contributed by atoms with Crippen molar-refractivity contribution in [2.24, 2.45) is 0 Å². The van der Waals surface area contributed by atoms with E-state index in [-0.39, 0.29) is 0 Å². The first kappa shape index (κ1) is 11.3. The van der Waals surface area contributed by atoms with Gasteiger partial charge in [-0.15, -0.1) is 11.8 Å². The first-order valence-electron chi connectivity index (χ1n) is 5.72. The molecule has 0 amide bonds. The van der Waals surface area contributed by atoms with Crippen LogP contribution in [0.2, 0.25) is 0 Å². The first-order chi connectivity index (χ1) is 8.79. The molecule has 1 heterocycles. The quantitative estimate of drug-likeness (QED) is 0.783. The van der Waals surface area contributed by atoms with Crippen molar-refractivity contribution in [1.82, 2.24) is 0 Å². The molecule has 0 aromatic heterocycles. The Morgan fingerprint density at radius 1 is 1.17 bits per heavy atom. The molecule has 0 aliphatic carbocycles. The van der Waals surface area contributed by atoms with Gasteiger partial charge in [0.1, 0.15) is 6.10 Å². The molecule has 2 nitrogen and oxygen atoms in total. The number of aliphatic hydroxyl groups excluding tert-OH is 1. The van der Waals surface area contributed by atoms with Crippen LogP contribution in [0.15, 0.2) is 47.4 Å². The molecule has 0 bridgehead atoms. The zero-order chi connectivity index (χ0) is 12.5. The summed E-state index contributed by atoms with van der Waals surface area (Å²) in [4.78, 5) is 1.05. The molecule has 1 aliphatic rings. The smallest absolute Gasteiger partial charge is 0.105 e. The lowest BCUT2D eigenvalue weighted by molar-refractivity contribution is 0.217. The van der Waals surface area contributed by atoms with Crippen molar-refractivity contribution in [3.8, 4) is 6.07 Å². The highest BCUT2D eigenvalue weighted by Crippen LogP contribution is 2.39. The van der Waals surface area contributed by atoms with E-state index in [4.69, 9.17) is 5.26 Å². The largest absolute Gasteiger partial charge is 0.384 e. The maximum atomic E-state index is 10.5. The molecular formula is C15H11NOS. The molecule has 0 saturated carbocycles. The van der Waals surface area contributed by atoms with Gasteiger partial charge < -0.3 is 5.11 Å². The average molecular weight is 253 g/mol. The summed E-state index contributed by atoms with van der Waals surface area (Å²) < 4.78 is 0. The molecule has 1 unspecified atom stereocenters.